The molecule has 0 bridgehead atoms. The van der Waals surface area contributed by atoms with Gasteiger partial charge in [0.15, 0.2) is 0 Å². The number of hydrogen-bond donors (Lipinski definition) is 1. The molecule has 14 heavy (non-hydrogen) atoms. The minimum absolute atomic E-state index is 0.231. The van der Waals surface area contributed by atoms with Crippen LogP contribution in [0, 0.1) is 5.92 Å². The van der Waals surface area contributed by atoms with Gasteiger partial charge in [0.2, 0.25) is 0 Å². The van der Waals surface area contributed by atoms with Crippen LogP contribution in [0.2, 0.25) is 0 Å². The highest BCUT2D eigenvalue weighted by Gasteiger charge is 2.24. The average Bonchev–Trinajstić information content (AvgIpc) is 2.26. The number of hydrogen-bond acceptors (Lipinski definition) is 2. The van der Waals surface area contributed by atoms with Crippen molar-refractivity contribution in [3.63, 3.8) is 0 Å². The molecular weight excluding hydrogens is 174 g/mol. The fourth-order valence-electron chi connectivity index (χ4n) is 2.23. The van der Waals surface area contributed by atoms with E-state index < -0.39 is 0 Å². The van der Waals surface area contributed by atoms with E-state index in [2.05, 4.69) is 13.8 Å². The van der Waals surface area contributed by atoms with Gasteiger partial charge in [0.1, 0.15) is 0 Å². The van der Waals surface area contributed by atoms with Crippen LogP contribution in [-0.2, 0) is 4.74 Å². The minimum atomic E-state index is 0.231. The quantitative estimate of drug-likeness (QED) is 0.739. The van der Waals surface area contributed by atoms with E-state index in [9.17, 15) is 0 Å². The van der Waals surface area contributed by atoms with Gasteiger partial charge >= 0.3 is 0 Å². The van der Waals surface area contributed by atoms with E-state index in [0.29, 0.717) is 6.10 Å². The molecule has 0 aromatic carbocycles. The second kappa shape index (κ2) is 6.41. The zero-order valence-corrected chi connectivity index (χ0v) is 9.67. The summed E-state index contributed by atoms with van der Waals surface area (Å²) in [4.78, 5) is 0. The Morgan fingerprint density at radius 3 is 2.64 bits per heavy atom. The highest BCUT2D eigenvalue weighted by molar-refractivity contribution is 4.75. The maximum Gasteiger partial charge on any atom is 0.0621 e. The summed E-state index contributed by atoms with van der Waals surface area (Å²) in [7, 11) is 0. The van der Waals surface area contributed by atoms with Gasteiger partial charge < -0.3 is 10.5 Å². The predicted octanol–water partition coefficient (Wildman–Crippen LogP) is 2.71. The molecule has 0 aromatic rings. The molecule has 0 aromatic heterocycles. The third-order valence-electron chi connectivity index (χ3n) is 3.41. The molecule has 0 heterocycles. The molecule has 1 rings (SSSR count). The van der Waals surface area contributed by atoms with Gasteiger partial charge in [-0.1, -0.05) is 33.1 Å². The van der Waals surface area contributed by atoms with Crippen LogP contribution in [0.15, 0.2) is 0 Å². The summed E-state index contributed by atoms with van der Waals surface area (Å²) in [6.45, 7) is 5.13. The maximum atomic E-state index is 5.91. The lowest BCUT2D eigenvalue weighted by Gasteiger charge is -2.31. The van der Waals surface area contributed by atoms with E-state index in [-0.39, 0.29) is 6.04 Å². The molecule has 84 valence electrons. The van der Waals surface area contributed by atoms with Gasteiger partial charge in [-0.15, -0.1) is 0 Å². The van der Waals surface area contributed by atoms with E-state index in [4.69, 9.17) is 10.5 Å². The SMILES string of the molecule is CCC(N)COC1CCCCC1CC. The van der Waals surface area contributed by atoms with Crippen LogP contribution in [0.4, 0.5) is 0 Å². The minimum Gasteiger partial charge on any atom is -0.376 e. The van der Waals surface area contributed by atoms with Gasteiger partial charge in [-0.05, 0) is 25.2 Å². The van der Waals surface area contributed by atoms with Crippen molar-refractivity contribution in [2.45, 2.75) is 64.5 Å². The van der Waals surface area contributed by atoms with Gasteiger partial charge in [-0.25, -0.2) is 0 Å². The maximum absolute atomic E-state index is 5.91. The highest BCUT2D eigenvalue weighted by Crippen LogP contribution is 2.29. The summed E-state index contributed by atoms with van der Waals surface area (Å²) in [5, 5.41) is 0. The van der Waals surface area contributed by atoms with Gasteiger partial charge in [-0.3, -0.25) is 0 Å². The fraction of sp³-hybridized carbons (Fsp3) is 1.00. The Balaban J connectivity index is 2.26. The summed E-state index contributed by atoms with van der Waals surface area (Å²) in [6.07, 6.45) is 8.08. The van der Waals surface area contributed by atoms with Crippen molar-refractivity contribution in [3.05, 3.63) is 0 Å². The third kappa shape index (κ3) is 3.58. The largest absolute Gasteiger partial charge is 0.376 e. The fourth-order valence-corrected chi connectivity index (χ4v) is 2.23. The van der Waals surface area contributed by atoms with Crippen LogP contribution in [0.5, 0.6) is 0 Å². The lowest BCUT2D eigenvalue weighted by molar-refractivity contribution is -0.0180. The molecule has 0 spiro atoms. The van der Waals surface area contributed by atoms with Crippen LogP contribution in [-0.4, -0.2) is 18.8 Å². The molecule has 1 aliphatic carbocycles. The summed E-state index contributed by atoms with van der Waals surface area (Å²) in [6, 6.07) is 0.231. The summed E-state index contributed by atoms with van der Waals surface area (Å²) in [5.41, 5.74) is 5.85. The Bertz CT molecular complexity index is 149. The van der Waals surface area contributed by atoms with E-state index in [0.717, 1.165) is 18.9 Å². The van der Waals surface area contributed by atoms with Crippen molar-refractivity contribution in [1.29, 1.82) is 0 Å². The second-order valence-corrected chi connectivity index (χ2v) is 4.49. The van der Waals surface area contributed by atoms with Crippen LogP contribution >= 0.6 is 0 Å². The first-order valence-electron chi connectivity index (χ1n) is 6.15. The molecule has 3 unspecified atom stereocenters. The number of rotatable bonds is 5. The highest BCUT2D eigenvalue weighted by atomic mass is 16.5. The zero-order valence-electron chi connectivity index (χ0n) is 9.67. The smallest absolute Gasteiger partial charge is 0.0621 e. The molecular formula is C12H25NO. The first kappa shape index (κ1) is 12.0. The molecule has 2 heteroatoms. The normalized spacial score (nSPS) is 30.2. The topological polar surface area (TPSA) is 35.2 Å². The first-order valence-corrected chi connectivity index (χ1v) is 6.15. The average molecular weight is 199 g/mol. The molecule has 0 saturated heterocycles. The number of ether oxygens (including phenoxy) is 1. The molecule has 0 aliphatic heterocycles. The Morgan fingerprint density at radius 2 is 2.00 bits per heavy atom. The van der Waals surface area contributed by atoms with Crippen LogP contribution < -0.4 is 5.73 Å². The predicted molar refractivity (Wildman–Crippen MR) is 60.3 cm³/mol. The monoisotopic (exact) mass is 199 g/mol. The Kier molecular flexibility index (Phi) is 5.49. The molecule has 2 nitrogen and oxygen atoms in total. The van der Waals surface area contributed by atoms with E-state index >= 15 is 0 Å². The number of nitrogens with two attached hydrogens (primary N) is 1. The van der Waals surface area contributed by atoms with Gasteiger partial charge in [0, 0.05) is 6.04 Å². The summed E-state index contributed by atoms with van der Waals surface area (Å²) >= 11 is 0. The Labute approximate surface area is 88.2 Å². The lowest BCUT2D eigenvalue weighted by atomic mass is 9.85. The lowest BCUT2D eigenvalue weighted by Crippen LogP contribution is -2.33. The molecule has 1 fully saturated rings. The summed E-state index contributed by atoms with van der Waals surface area (Å²) < 4.78 is 5.91. The molecule has 0 radical (unpaired) electrons. The Morgan fingerprint density at radius 1 is 1.29 bits per heavy atom. The third-order valence-corrected chi connectivity index (χ3v) is 3.41. The van der Waals surface area contributed by atoms with Crippen molar-refractivity contribution >= 4 is 0 Å². The molecule has 2 N–H and O–H groups in total. The zero-order chi connectivity index (χ0) is 10.4. The first-order chi connectivity index (χ1) is 6.77. The van der Waals surface area contributed by atoms with E-state index in [1.807, 2.05) is 0 Å². The standard InChI is InChI=1S/C12H25NO/c1-3-10-7-5-6-8-12(10)14-9-11(13)4-2/h10-12H,3-9,13H2,1-2H3. The molecule has 0 amide bonds. The van der Waals surface area contributed by atoms with Gasteiger partial charge in [-0.2, -0.15) is 0 Å². The van der Waals surface area contributed by atoms with Crippen LogP contribution in [0.25, 0.3) is 0 Å². The van der Waals surface area contributed by atoms with E-state index in [1.54, 1.807) is 0 Å². The van der Waals surface area contributed by atoms with Gasteiger partial charge in [0.25, 0.3) is 0 Å². The van der Waals surface area contributed by atoms with Gasteiger partial charge in [0.05, 0.1) is 12.7 Å². The summed E-state index contributed by atoms with van der Waals surface area (Å²) in [5.74, 6) is 0.785. The van der Waals surface area contributed by atoms with Crippen molar-refractivity contribution in [3.8, 4) is 0 Å². The molecule has 1 aliphatic rings. The van der Waals surface area contributed by atoms with Crippen molar-refractivity contribution in [1.82, 2.24) is 0 Å². The van der Waals surface area contributed by atoms with Crippen molar-refractivity contribution < 1.29 is 4.74 Å². The second-order valence-electron chi connectivity index (χ2n) is 4.49. The molecule has 3 atom stereocenters. The van der Waals surface area contributed by atoms with Crippen LogP contribution in [0.1, 0.15) is 52.4 Å². The van der Waals surface area contributed by atoms with Crippen molar-refractivity contribution in [2.75, 3.05) is 6.61 Å². The van der Waals surface area contributed by atoms with E-state index in [1.165, 1.54) is 32.1 Å². The van der Waals surface area contributed by atoms with Crippen LogP contribution in [0.3, 0.4) is 0 Å². The van der Waals surface area contributed by atoms with Crippen molar-refractivity contribution in [2.24, 2.45) is 11.7 Å². The molecule has 1 saturated carbocycles. The Hall–Kier alpha value is -0.0800.